The van der Waals surface area contributed by atoms with Crippen molar-refractivity contribution in [1.29, 1.82) is 0 Å². The van der Waals surface area contributed by atoms with Crippen LogP contribution < -0.4 is 0 Å². The van der Waals surface area contributed by atoms with Gasteiger partial charge in [0, 0.05) is 26.7 Å². The maximum absolute atomic E-state index is 11.6. The number of rotatable bonds is 1. The van der Waals surface area contributed by atoms with Crippen molar-refractivity contribution in [2.75, 3.05) is 6.54 Å². The summed E-state index contributed by atoms with van der Waals surface area (Å²) in [7, 11) is 1.95. The molecule has 0 atom stereocenters. The third kappa shape index (κ3) is 0.967. The number of nitrogens with zero attached hydrogens (tertiary/aromatic N) is 3. The fourth-order valence-electron chi connectivity index (χ4n) is 3.29. The molecule has 2 aliphatic heterocycles. The van der Waals surface area contributed by atoms with Gasteiger partial charge in [-0.2, -0.15) is 5.10 Å². The molecular formula is C11H15N3O. The van der Waals surface area contributed by atoms with Gasteiger partial charge in [-0.3, -0.25) is 9.48 Å². The maximum atomic E-state index is 11.6. The summed E-state index contributed by atoms with van der Waals surface area (Å²) in [5, 5.41) is 4.20. The second kappa shape index (κ2) is 2.62. The van der Waals surface area contributed by atoms with Crippen LogP contribution in [0.4, 0.5) is 0 Å². The van der Waals surface area contributed by atoms with E-state index >= 15 is 0 Å². The summed E-state index contributed by atoms with van der Waals surface area (Å²) in [4.78, 5) is 13.6. The Labute approximate surface area is 88.9 Å². The van der Waals surface area contributed by atoms with Crippen LogP contribution in [0.25, 0.3) is 0 Å². The third-order valence-corrected chi connectivity index (χ3v) is 3.89. The van der Waals surface area contributed by atoms with Crippen LogP contribution in [0.2, 0.25) is 0 Å². The molecule has 1 saturated carbocycles. The van der Waals surface area contributed by atoms with Crippen LogP contribution in [0.15, 0.2) is 12.3 Å². The number of carbonyl (C=O) groups is 1. The van der Waals surface area contributed by atoms with E-state index in [-0.39, 0.29) is 11.4 Å². The van der Waals surface area contributed by atoms with Gasteiger partial charge in [-0.25, -0.2) is 0 Å². The SMILES string of the molecule is CC(=O)N1CC2CC1(c1ccnn1C)C2. The van der Waals surface area contributed by atoms with Gasteiger partial charge in [-0.05, 0) is 24.8 Å². The fraction of sp³-hybridized carbons (Fsp3) is 0.636. The van der Waals surface area contributed by atoms with E-state index in [4.69, 9.17) is 0 Å². The largest absolute Gasteiger partial charge is 0.331 e. The van der Waals surface area contributed by atoms with Crippen molar-refractivity contribution in [3.05, 3.63) is 18.0 Å². The molecule has 0 aromatic carbocycles. The third-order valence-electron chi connectivity index (χ3n) is 3.89. The molecule has 4 rings (SSSR count). The minimum absolute atomic E-state index is 0.0260. The fourth-order valence-corrected chi connectivity index (χ4v) is 3.29. The zero-order chi connectivity index (χ0) is 10.6. The summed E-state index contributed by atoms with van der Waals surface area (Å²) < 4.78 is 1.90. The van der Waals surface area contributed by atoms with Gasteiger partial charge < -0.3 is 4.90 Å². The summed E-state index contributed by atoms with van der Waals surface area (Å²) in [6, 6.07) is 2.04. The summed E-state index contributed by atoms with van der Waals surface area (Å²) in [6.07, 6.45) is 4.05. The monoisotopic (exact) mass is 205 g/mol. The summed E-state index contributed by atoms with van der Waals surface area (Å²) in [5.74, 6) is 0.903. The molecule has 0 unspecified atom stereocenters. The van der Waals surface area contributed by atoms with E-state index in [0.29, 0.717) is 5.92 Å². The highest BCUT2D eigenvalue weighted by Gasteiger charge is 2.59. The Morgan fingerprint density at radius 3 is 2.87 bits per heavy atom. The van der Waals surface area contributed by atoms with Gasteiger partial charge in [-0.1, -0.05) is 0 Å². The standard InChI is InChI=1S/C11H15N3O/c1-8(15)14-7-9-5-11(14,6-9)10-3-4-12-13(10)2/h3-4,9H,5-7H2,1-2H3. The van der Waals surface area contributed by atoms with E-state index in [2.05, 4.69) is 5.10 Å². The summed E-state index contributed by atoms with van der Waals surface area (Å²) in [5.41, 5.74) is 1.16. The van der Waals surface area contributed by atoms with Gasteiger partial charge in [0.15, 0.2) is 0 Å². The van der Waals surface area contributed by atoms with Gasteiger partial charge in [0.05, 0.1) is 11.2 Å². The van der Waals surface area contributed by atoms with E-state index in [9.17, 15) is 4.79 Å². The second-order valence-corrected chi connectivity index (χ2v) is 4.78. The van der Waals surface area contributed by atoms with Crippen LogP contribution in [0.5, 0.6) is 0 Å². The highest BCUT2D eigenvalue weighted by Crippen LogP contribution is 2.56. The Balaban J connectivity index is 2.04. The Hall–Kier alpha value is -1.32. The van der Waals surface area contributed by atoms with Gasteiger partial charge in [0.2, 0.25) is 5.91 Å². The molecule has 2 saturated heterocycles. The van der Waals surface area contributed by atoms with Crippen molar-refractivity contribution < 1.29 is 4.79 Å². The lowest BCUT2D eigenvalue weighted by molar-refractivity contribution is -0.133. The number of fused-ring (bicyclic) bond motifs is 1. The lowest BCUT2D eigenvalue weighted by Gasteiger charge is -2.41. The number of hydrogen-bond donors (Lipinski definition) is 0. The topological polar surface area (TPSA) is 38.1 Å². The Bertz CT molecular complexity index is 417. The van der Waals surface area contributed by atoms with Crippen LogP contribution in [-0.2, 0) is 17.4 Å². The zero-order valence-electron chi connectivity index (χ0n) is 9.10. The predicted molar refractivity (Wildman–Crippen MR) is 55.0 cm³/mol. The molecule has 0 spiro atoms. The van der Waals surface area contributed by atoms with Crippen molar-refractivity contribution in [2.45, 2.75) is 25.3 Å². The van der Waals surface area contributed by atoms with Gasteiger partial charge >= 0.3 is 0 Å². The van der Waals surface area contributed by atoms with E-state index in [1.54, 1.807) is 6.92 Å². The van der Waals surface area contributed by atoms with Crippen molar-refractivity contribution in [3.8, 4) is 0 Å². The second-order valence-electron chi connectivity index (χ2n) is 4.78. The normalized spacial score (nSPS) is 32.9. The van der Waals surface area contributed by atoms with Crippen LogP contribution in [0.3, 0.4) is 0 Å². The first-order chi connectivity index (χ1) is 7.13. The molecule has 0 radical (unpaired) electrons. The van der Waals surface area contributed by atoms with Crippen molar-refractivity contribution in [3.63, 3.8) is 0 Å². The van der Waals surface area contributed by atoms with Crippen molar-refractivity contribution in [1.82, 2.24) is 14.7 Å². The predicted octanol–water partition coefficient (Wildman–Crippen LogP) is 0.887. The number of aryl methyl sites for hydroxylation is 1. The molecular weight excluding hydrogens is 190 g/mol. The molecule has 80 valence electrons. The quantitative estimate of drug-likeness (QED) is 0.683. The molecule has 15 heavy (non-hydrogen) atoms. The molecule has 4 heteroatoms. The van der Waals surface area contributed by atoms with E-state index in [1.165, 1.54) is 5.69 Å². The van der Waals surface area contributed by atoms with Crippen molar-refractivity contribution >= 4 is 5.91 Å². The molecule has 1 amide bonds. The number of carbonyl (C=O) groups excluding carboxylic acids is 1. The summed E-state index contributed by atoms with van der Waals surface area (Å²) >= 11 is 0. The van der Waals surface area contributed by atoms with Crippen LogP contribution in [-0.4, -0.2) is 27.1 Å². The first-order valence-electron chi connectivity index (χ1n) is 5.40. The molecule has 3 aliphatic rings. The molecule has 3 fully saturated rings. The molecule has 1 aromatic heterocycles. The van der Waals surface area contributed by atoms with E-state index in [0.717, 1.165) is 19.4 Å². The Morgan fingerprint density at radius 2 is 2.33 bits per heavy atom. The Kier molecular flexibility index (Phi) is 1.56. The van der Waals surface area contributed by atoms with Crippen molar-refractivity contribution in [2.24, 2.45) is 13.0 Å². The van der Waals surface area contributed by atoms with Gasteiger partial charge in [0.1, 0.15) is 0 Å². The molecule has 2 bridgehead atoms. The minimum Gasteiger partial charge on any atom is -0.331 e. The molecule has 4 nitrogen and oxygen atoms in total. The van der Waals surface area contributed by atoms with Gasteiger partial charge in [-0.15, -0.1) is 0 Å². The number of hydrogen-bond acceptors (Lipinski definition) is 2. The molecule has 3 heterocycles. The first-order valence-corrected chi connectivity index (χ1v) is 5.40. The van der Waals surface area contributed by atoms with E-state index in [1.807, 2.05) is 28.9 Å². The number of aromatic nitrogens is 2. The molecule has 1 aromatic rings. The lowest BCUT2D eigenvalue weighted by Crippen LogP contribution is -2.46. The van der Waals surface area contributed by atoms with Gasteiger partial charge in [0.25, 0.3) is 0 Å². The van der Waals surface area contributed by atoms with Crippen LogP contribution >= 0.6 is 0 Å². The maximum Gasteiger partial charge on any atom is 0.220 e. The Morgan fingerprint density at radius 1 is 1.60 bits per heavy atom. The average molecular weight is 205 g/mol. The molecule has 1 aliphatic carbocycles. The smallest absolute Gasteiger partial charge is 0.220 e. The highest BCUT2D eigenvalue weighted by molar-refractivity contribution is 5.75. The molecule has 0 N–H and O–H groups in total. The van der Waals surface area contributed by atoms with E-state index < -0.39 is 0 Å². The zero-order valence-corrected chi connectivity index (χ0v) is 9.10. The first kappa shape index (κ1) is 8.95. The summed E-state index contributed by atoms with van der Waals surface area (Å²) in [6.45, 7) is 2.60. The van der Waals surface area contributed by atoms with Crippen LogP contribution in [0.1, 0.15) is 25.5 Å². The number of amides is 1. The lowest BCUT2D eigenvalue weighted by atomic mass is 9.71. The van der Waals surface area contributed by atoms with Crippen LogP contribution in [0, 0.1) is 5.92 Å². The highest BCUT2D eigenvalue weighted by atomic mass is 16.2. The minimum atomic E-state index is -0.0260. The average Bonchev–Trinajstić information content (AvgIpc) is 2.72.